The smallest absolute Gasteiger partial charge is 0.0110 e. The molecule has 0 aromatic heterocycles. The van der Waals surface area contributed by atoms with Crippen molar-refractivity contribution in [1.82, 2.24) is 0 Å². The first kappa shape index (κ1) is 9.05. The Bertz CT molecular complexity index is 245. The Morgan fingerprint density at radius 2 is 2.15 bits per heavy atom. The molecule has 0 bridgehead atoms. The van der Waals surface area contributed by atoms with Crippen LogP contribution in [0.5, 0.6) is 0 Å². The standard InChI is InChI=1S/C13H20/c1-10-12-8-4-6-11(12)7-5-9-13(10,2)3/h5,7,11-12H,1,4,6,8-9H2,2-3H3. The van der Waals surface area contributed by atoms with Gasteiger partial charge in [-0.1, -0.05) is 44.6 Å². The van der Waals surface area contributed by atoms with Crippen molar-refractivity contribution in [3.8, 4) is 0 Å². The fraction of sp³-hybridized carbons (Fsp3) is 0.692. The predicted octanol–water partition coefficient (Wildman–Crippen LogP) is 3.95. The number of fused-ring (bicyclic) bond motifs is 1. The van der Waals surface area contributed by atoms with Gasteiger partial charge in [0.15, 0.2) is 0 Å². The molecule has 0 heterocycles. The molecule has 0 N–H and O–H groups in total. The summed E-state index contributed by atoms with van der Waals surface area (Å²) in [6, 6.07) is 0. The van der Waals surface area contributed by atoms with Crippen LogP contribution >= 0.6 is 0 Å². The topological polar surface area (TPSA) is 0 Å². The first-order valence-corrected chi connectivity index (χ1v) is 5.47. The van der Waals surface area contributed by atoms with E-state index in [1.165, 1.54) is 31.3 Å². The largest absolute Gasteiger partial charge is 0.0990 e. The average Bonchev–Trinajstić information content (AvgIpc) is 2.47. The SMILES string of the molecule is C=C1C2CCCC2C=CCC1(C)C. The van der Waals surface area contributed by atoms with Crippen LogP contribution in [0.2, 0.25) is 0 Å². The quantitative estimate of drug-likeness (QED) is 0.490. The molecule has 72 valence electrons. The number of allylic oxidation sites excluding steroid dienone is 3. The average molecular weight is 176 g/mol. The van der Waals surface area contributed by atoms with Crippen LogP contribution in [0.4, 0.5) is 0 Å². The summed E-state index contributed by atoms with van der Waals surface area (Å²) in [7, 11) is 0. The van der Waals surface area contributed by atoms with Gasteiger partial charge in [-0.25, -0.2) is 0 Å². The van der Waals surface area contributed by atoms with Gasteiger partial charge in [-0.15, -0.1) is 0 Å². The van der Waals surface area contributed by atoms with E-state index in [9.17, 15) is 0 Å². The monoisotopic (exact) mass is 176 g/mol. The van der Waals surface area contributed by atoms with Crippen molar-refractivity contribution in [3.05, 3.63) is 24.3 Å². The van der Waals surface area contributed by atoms with Crippen molar-refractivity contribution in [1.29, 1.82) is 0 Å². The Balaban J connectivity index is 2.28. The molecule has 13 heavy (non-hydrogen) atoms. The van der Waals surface area contributed by atoms with E-state index in [0.717, 1.165) is 11.8 Å². The maximum atomic E-state index is 4.33. The third-order valence-corrected chi connectivity index (χ3v) is 3.90. The highest BCUT2D eigenvalue weighted by atomic mass is 14.4. The lowest BCUT2D eigenvalue weighted by Crippen LogP contribution is -2.19. The lowest BCUT2D eigenvalue weighted by Gasteiger charge is -2.30. The van der Waals surface area contributed by atoms with E-state index in [0.29, 0.717) is 5.41 Å². The van der Waals surface area contributed by atoms with E-state index >= 15 is 0 Å². The minimum atomic E-state index is 0.334. The van der Waals surface area contributed by atoms with Crippen molar-refractivity contribution in [2.24, 2.45) is 17.3 Å². The molecule has 0 saturated heterocycles. The first-order chi connectivity index (χ1) is 6.11. The van der Waals surface area contributed by atoms with Gasteiger partial charge in [0, 0.05) is 0 Å². The van der Waals surface area contributed by atoms with E-state index in [2.05, 4.69) is 32.6 Å². The van der Waals surface area contributed by atoms with Crippen LogP contribution in [0, 0.1) is 17.3 Å². The van der Waals surface area contributed by atoms with E-state index in [1.54, 1.807) is 0 Å². The second kappa shape index (κ2) is 3.01. The molecule has 0 aromatic rings. The lowest BCUT2D eigenvalue weighted by molar-refractivity contribution is 0.381. The third-order valence-electron chi connectivity index (χ3n) is 3.90. The van der Waals surface area contributed by atoms with Crippen molar-refractivity contribution in [3.63, 3.8) is 0 Å². The molecule has 0 spiro atoms. The van der Waals surface area contributed by atoms with Gasteiger partial charge in [-0.05, 0) is 36.5 Å². The minimum Gasteiger partial charge on any atom is -0.0990 e. The molecule has 2 aliphatic rings. The Labute approximate surface area is 81.7 Å². The Morgan fingerprint density at radius 3 is 2.92 bits per heavy atom. The van der Waals surface area contributed by atoms with Gasteiger partial charge in [-0.2, -0.15) is 0 Å². The third kappa shape index (κ3) is 1.47. The molecule has 0 amide bonds. The number of hydrogen-bond donors (Lipinski definition) is 0. The van der Waals surface area contributed by atoms with Crippen LogP contribution in [0.3, 0.4) is 0 Å². The van der Waals surface area contributed by atoms with Crippen LogP contribution in [-0.4, -0.2) is 0 Å². The van der Waals surface area contributed by atoms with Crippen LogP contribution in [0.25, 0.3) is 0 Å². The second-order valence-electron chi connectivity index (χ2n) is 5.24. The van der Waals surface area contributed by atoms with Crippen molar-refractivity contribution in [2.45, 2.75) is 39.5 Å². The van der Waals surface area contributed by atoms with E-state index in [4.69, 9.17) is 0 Å². The summed E-state index contributed by atoms with van der Waals surface area (Å²) in [5.74, 6) is 1.60. The van der Waals surface area contributed by atoms with E-state index < -0.39 is 0 Å². The Kier molecular flexibility index (Phi) is 2.09. The second-order valence-corrected chi connectivity index (χ2v) is 5.24. The number of hydrogen-bond acceptors (Lipinski definition) is 0. The molecule has 1 saturated carbocycles. The number of rotatable bonds is 0. The van der Waals surface area contributed by atoms with Gasteiger partial charge in [0.05, 0.1) is 0 Å². The van der Waals surface area contributed by atoms with Crippen LogP contribution in [-0.2, 0) is 0 Å². The zero-order valence-electron chi connectivity index (χ0n) is 8.84. The Hall–Kier alpha value is -0.520. The highest BCUT2D eigenvalue weighted by molar-refractivity contribution is 5.21. The van der Waals surface area contributed by atoms with Gasteiger partial charge >= 0.3 is 0 Å². The van der Waals surface area contributed by atoms with Crippen molar-refractivity contribution < 1.29 is 0 Å². The first-order valence-electron chi connectivity index (χ1n) is 5.47. The maximum Gasteiger partial charge on any atom is -0.0110 e. The Morgan fingerprint density at radius 1 is 1.38 bits per heavy atom. The summed E-state index contributed by atoms with van der Waals surface area (Å²) < 4.78 is 0. The zero-order valence-corrected chi connectivity index (χ0v) is 8.84. The molecule has 0 aliphatic heterocycles. The maximum absolute atomic E-state index is 4.33. The van der Waals surface area contributed by atoms with Gasteiger partial charge in [-0.3, -0.25) is 0 Å². The van der Waals surface area contributed by atoms with Crippen molar-refractivity contribution >= 4 is 0 Å². The van der Waals surface area contributed by atoms with Crippen molar-refractivity contribution in [2.75, 3.05) is 0 Å². The van der Waals surface area contributed by atoms with Gasteiger partial charge < -0.3 is 0 Å². The molecular weight excluding hydrogens is 156 g/mol. The summed E-state index contributed by atoms with van der Waals surface area (Å²) in [5, 5.41) is 0. The summed E-state index contributed by atoms with van der Waals surface area (Å²) in [6.07, 6.45) is 10.2. The molecule has 0 heteroatoms. The van der Waals surface area contributed by atoms with Crippen LogP contribution in [0.15, 0.2) is 24.3 Å². The molecule has 2 atom stereocenters. The molecular formula is C13H20. The van der Waals surface area contributed by atoms with Gasteiger partial charge in [0.25, 0.3) is 0 Å². The molecule has 2 rings (SSSR count). The summed E-state index contributed by atoms with van der Waals surface area (Å²) in [4.78, 5) is 0. The summed E-state index contributed by atoms with van der Waals surface area (Å²) in [6.45, 7) is 9.00. The predicted molar refractivity (Wildman–Crippen MR) is 57.5 cm³/mol. The highest BCUT2D eigenvalue weighted by Crippen LogP contribution is 2.47. The lowest BCUT2D eigenvalue weighted by atomic mass is 9.75. The molecule has 2 unspecified atom stereocenters. The fourth-order valence-corrected chi connectivity index (χ4v) is 2.82. The fourth-order valence-electron chi connectivity index (χ4n) is 2.82. The van der Waals surface area contributed by atoms with Gasteiger partial charge in [0.2, 0.25) is 0 Å². The highest BCUT2D eigenvalue weighted by Gasteiger charge is 2.35. The van der Waals surface area contributed by atoms with Crippen LogP contribution < -0.4 is 0 Å². The minimum absolute atomic E-state index is 0.334. The normalized spacial score (nSPS) is 37.2. The zero-order chi connectivity index (χ0) is 9.47. The van der Waals surface area contributed by atoms with E-state index in [1.807, 2.05) is 0 Å². The van der Waals surface area contributed by atoms with Crippen LogP contribution in [0.1, 0.15) is 39.5 Å². The molecule has 2 aliphatic carbocycles. The summed E-state index contributed by atoms with van der Waals surface area (Å²) in [5.41, 5.74) is 1.83. The molecule has 0 nitrogen and oxygen atoms in total. The molecule has 0 aromatic carbocycles. The summed E-state index contributed by atoms with van der Waals surface area (Å²) >= 11 is 0. The molecule has 1 fully saturated rings. The molecule has 0 radical (unpaired) electrons. The van der Waals surface area contributed by atoms with E-state index in [-0.39, 0.29) is 0 Å². The van der Waals surface area contributed by atoms with Gasteiger partial charge in [0.1, 0.15) is 0 Å².